The molecule has 2 atom stereocenters. The van der Waals surface area contributed by atoms with E-state index in [0.29, 0.717) is 12.2 Å². The molecule has 6 rings (SSSR count). The lowest BCUT2D eigenvalue weighted by Gasteiger charge is -2.38. The van der Waals surface area contributed by atoms with Crippen molar-refractivity contribution < 1.29 is 22.7 Å². The van der Waals surface area contributed by atoms with Crippen LogP contribution in [0.15, 0.2) is 83.4 Å². The normalized spacial score (nSPS) is 19.3. The van der Waals surface area contributed by atoms with Gasteiger partial charge in [-0.2, -0.15) is 14.7 Å². The molecule has 0 saturated heterocycles. The third-order valence-electron chi connectivity index (χ3n) is 8.77. The minimum absolute atomic E-state index is 0.0206. The predicted molar refractivity (Wildman–Crippen MR) is 165 cm³/mol. The van der Waals surface area contributed by atoms with Gasteiger partial charge in [-0.25, -0.2) is 17.5 Å². The number of sulfonamides is 1. The highest BCUT2D eigenvalue weighted by molar-refractivity contribution is 7.89. The van der Waals surface area contributed by atoms with Gasteiger partial charge in [-0.1, -0.05) is 30.2 Å². The van der Waals surface area contributed by atoms with Crippen LogP contribution in [0.2, 0.25) is 5.02 Å². The van der Waals surface area contributed by atoms with Crippen LogP contribution in [-0.4, -0.2) is 47.3 Å². The molecule has 11 heteroatoms. The number of fused-ring (bicyclic) bond motifs is 2. The fourth-order valence-electron chi connectivity index (χ4n) is 6.33. The van der Waals surface area contributed by atoms with Gasteiger partial charge in [-0.15, -0.1) is 0 Å². The number of halogens is 2. The average Bonchev–Trinajstić information content (AvgIpc) is 3.55. The van der Waals surface area contributed by atoms with Gasteiger partial charge in [0.15, 0.2) is 0 Å². The number of aromatic nitrogens is 2. The summed E-state index contributed by atoms with van der Waals surface area (Å²) in [7, 11) is -3.94. The number of nitriles is 1. The second-order valence-corrected chi connectivity index (χ2v) is 13.7. The molecule has 0 amide bonds. The van der Waals surface area contributed by atoms with Crippen LogP contribution in [0.1, 0.15) is 36.6 Å². The highest BCUT2D eigenvalue weighted by Crippen LogP contribution is 2.53. The zero-order chi connectivity index (χ0) is 31.1. The van der Waals surface area contributed by atoms with Crippen molar-refractivity contribution in [2.24, 2.45) is 11.3 Å². The first-order chi connectivity index (χ1) is 21.1. The monoisotopic (exact) mass is 632 g/mol. The number of aliphatic hydroxyl groups excluding tert-OH is 1. The fourth-order valence-corrected chi connectivity index (χ4v) is 8.02. The maximum absolute atomic E-state index is 13.8. The number of allylic oxidation sites excluding steroid dienone is 1. The number of hydrogen-bond acceptors (Lipinski definition) is 6. The van der Waals surface area contributed by atoms with E-state index in [0.717, 1.165) is 29.8 Å². The van der Waals surface area contributed by atoms with E-state index >= 15 is 0 Å². The van der Waals surface area contributed by atoms with E-state index in [-0.39, 0.29) is 58.1 Å². The van der Waals surface area contributed by atoms with Gasteiger partial charge in [0.1, 0.15) is 28.9 Å². The topological polar surface area (TPSA) is 108 Å². The standard InChI is InChI=1S/C33H30ClFN4O4S/c1-33-18-22-20-37-39(26-9-7-25(35)8-10-26)31(22)17-23(33)5-6-24(33)21-38(15-16-40)44(41,42)28-13-11-27(12-14-28)43-32-4-2-3-30(34)29(32)19-36/h2-4,7-14,17,20,24,40H,5-6,15-16,18,21H2,1H3/t24-,33+/m1/s1. The molecule has 44 heavy (non-hydrogen) atoms. The van der Waals surface area contributed by atoms with Crippen molar-refractivity contribution >= 4 is 27.7 Å². The number of ether oxygens (including phenoxy) is 1. The molecule has 0 bridgehead atoms. The number of nitrogens with zero attached hydrogens (tertiary/aromatic N) is 4. The maximum atomic E-state index is 13.8. The van der Waals surface area contributed by atoms with Crippen LogP contribution in [0, 0.1) is 28.5 Å². The van der Waals surface area contributed by atoms with E-state index in [1.54, 1.807) is 30.3 Å². The summed E-state index contributed by atoms with van der Waals surface area (Å²) in [6.07, 6.45) is 6.31. The van der Waals surface area contributed by atoms with Gasteiger partial charge in [0.2, 0.25) is 10.0 Å². The van der Waals surface area contributed by atoms with Crippen molar-refractivity contribution in [3.8, 4) is 23.3 Å². The summed E-state index contributed by atoms with van der Waals surface area (Å²) in [5.41, 5.74) is 3.94. The molecule has 0 aliphatic heterocycles. The molecular weight excluding hydrogens is 603 g/mol. The minimum atomic E-state index is -3.94. The molecule has 0 unspecified atom stereocenters. The molecule has 1 fully saturated rings. The summed E-state index contributed by atoms with van der Waals surface area (Å²) in [5, 5.41) is 24.1. The van der Waals surface area contributed by atoms with Crippen LogP contribution in [0.3, 0.4) is 0 Å². The van der Waals surface area contributed by atoms with Gasteiger partial charge >= 0.3 is 0 Å². The Morgan fingerprint density at radius 2 is 1.93 bits per heavy atom. The van der Waals surface area contributed by atoms with E-state index < -0.39 is 10.0 Å². The van der Waals surface area contributed by atoms with Gasteiger partial charge in [0, 0.05) is 13.1 Å². The summed E-state index contributed by atoms with van der Waals surface area (Å²) in [6.45, 7) is 2.08. The molecule has 1 N–H and O–H groups in total. The van der Waals surface area contributed by atoms with Crippen LogP contribution in [0.4, 0.5) is 4.39 Å². The van der Waals surface area contributed by atoms with Crippen molar-refractivity contribution in [2.45, 2.75) is 31.1 Å². The zero-order valence-electron chi connectivity index (χ0n) is 24.0. The minimum Gasteiger partial charge on any atom is -0.456 e. The SMILES string of the molecule is C[C@]12Cc3cnn(-c4ccc(F)cc4)c3C=C1CC[C@@H]2CN(CCO)S(=O)(=O)c1ccc(Oc2cccc(Cl)c2C#N)cc1. The molecule has 8 nitrogen and oxygen atoms in total. The first-order valence-corrected chi connectivity index (χ1v) is 16.1. The molecule has 0 radical (unpaired) electrons. The molecule has 2 aliphatic carbocycles. The molecule has 1 saturated carbocycles. The molecule has 1 heterocycles. The van der Waals surface area contributed by atoms with Crippen molar-refractivity contribution in [2.75, 3.05) is 19.7 Å². The highest BCUT2D eigenvalue weighted by atomic mass is 35.5. The Morgan fingerprint density at radius 1 is 1.18 bits per heavy atom. The van der Waals surface area contributed by atoms with Gasteiger partial charge < -0.3 is 9.84 Å². The first-order valence-electron chi connectivity index (χ1n) is 14.3. The summed E-state index contributed by atoms with van der Waals surface area (Å²) < 4.78 is 50.2. The quantitative estimate of drug-likeness (QED) is 0.230. The van der Waals surface area contributed by atoms with Gasteiger partial charge in [-0.05, 0) is 103 Å². The lowest BCUT2D eigenvalue weighted by molar-refractivity contribution is 0.194. The van der Waals surface area contributed by atoms with E-state index in [9.17, 15) is 23.2 Å². The number of rotatable bonds is 9. The number of aliphatic hydroxyl groups is 1. The molecule has 1 aromatic heterocycles. The zero-order valence-corrected chi connectivity index (χ0v) is 25.5. The van der Waals surface area contributed by atoms with E-state index in [1.807, 2.05) is 16.9 Å². The maximum Gasteiger partial charge on any atom is 0.243 e. The van der Waals surface area contributed by atoms with Crippen LogP contribution in [0.5, 0.6) is 11.5 Å². The Balaban J connectivity index is 1.22. The first kappa shape index (κ1) is 30.0. The summed E-state index contributed by atoms with van der Waals surface area (Å²) in [5.74, 6) is 0.341. The van der Waals surface area contributed by atoms with E-state index in [1.165, 1.54) is 46.3 Å². The summed E-state index contributed by atoms with van der Waals surface area (Å²) >= 11 is 6.10. The summed E-state index contributed by atoms with van der Waals surface area (Å²) in [4.78, 5) is 0.0790. The highest BCUT2D eigenvalue weighted by Gasteiger charge is 2.47. The summed E-state index contributed by atoms with van der Waals surface area (Å²) in [6, 6.07) is 19.1. The van der Waals surface area contributed by atoms with Crippen molar-refractivity contribution in [1.29, 1.82) is 5.26 Å². The second kappa shape index (κ2) is 11.8. The van der Waals surface area contributed by atoms with Crippen LogP contribution in [0.25, 0.3) is 11.8 Å². The second-order valence-electron chi connectivity index (χ2n) is 11.3. The Morgan fingerprint density at radius 3 is 2.64 bits per heavy atom. The molecule has 0 spiro atoms. The molecule has 2 aliphatic rings. The van der Waals surface area contributed by atoms with E-state index in [2.05, 4.69) is 18.1 Å². The van der Waals surface area contributed by atoms with Crippen molar-refractivity contribution in [3.63, 3.8) is 0 Å². The third-order valence-corrected chi connectivity index (χ3v) is 11.0. The van der Waals surface area contributed by atoms with Crippen LogP contribution >= 0.6 is 11.6 Å². The molecule has 4 aromatic rings. The number of benzene rings is 3. The average molecular weight is 633 g/mol. The van der Waals surface area contributed by atoms with Crippen LogP contribution < -0.4 is 4.74 Å². The molecule has 226 valence electrons. The van der Waals surface area contributed by atoms with Crippen molar-refractivity contribution in [3.05, 3.63) is 106 Å². The largest absolute Gasteiger partial charge is 0.456 e. The molecular formula is C33H30ClFN4O4S. The van der Waals surface area contributed by atoms with Gasteiger partial charge in [0.05, 0.1) is 34.1 Å². The smallest absolute Gasteiger partial charge is 0.243 e. The van der Waals surface area contributed by atoms with Gasteiger partial charge in [0.25, 0.3) is 0 Å². The third kappa shape index (κ3) is 5.41. The Hall–Kier alpha value is -4.01. The lowest BCUT2D eigenvalue weighted by atomic mass is 9.70. The van der Waals surface area contributed by atoms with Gasteiger partial charge in [-0.3, -0.25) is 0 Å². The Labute approximate surface area is 260 Å². The Kier molecular flexibility index (Phi) is 8.07. The van der Waals surface area contributed by atoms with Crippen molar-refractivity contribution in [1.82, 2.24) is 14.1 Å². The van der Waals surface area contributed by atoms with Crippen LogP contribution in [-0.2, 0) is 16.4 Å². The van der Waals surface area contributed by atoms with E-state index in [4.69, 9.17) is 16.3 Å². The lowest BCUT2D eigenvalue weighted by Crippen LogP contribution is -2.42. The fraction of sp³-hybridized carbons (Fsp3) is 0.273. The number of hydrogen-bond donors (Lipinski definition) is 1. The predicted octanol–water partition coefficient (Wildman–Crippen LogP) is 6.37. The Bertz CT molecular complexity index is 1880. The molecule has 3 aromatic carbocycles.